The fraction of sp³-hybridized carbons (Fsp3) is 0.250. The molecule has 0 N–H and O–H groups in total. The summed E-state index contributed by atoms with van der Waals surface area (Å²) in [6.07, 6.45) is -9.95. The van der Waals surface area contributed by atoms with E-state index < -0.39 is 24.2 Å². The standard InChI is InChI=1S/C8H3F6IO2/c9-7(10,11)16-4-1-2-5(15)6(3-4)17-8(12,13)14/h1-3H. The number of rotatable bonds is 2. The first-order valence-corrected chi connectivity index (χ1v) is 4.96. The molecule has 1 aromatic rings. The van der Waals surface area contributed by atoms with Crippen molar-refractivity contribution in [3.63, 3.8) is 0 Å². The molecule has 2 nitrogen and oxygen atoms in total. The lowest BCUT2D eigenvalue weighted by Crippen LogP contribution is -2.19. The normalized spacial score (nSPS) is 12.4. The predicted molar refractivity (Wildman–Crippen MR) is 52.5 cm³/mol. The van der Waals surface area contributed by atoms with E-state index in [9.17, 15) is 26.3 Å². The van der Waals surface area contributed by atoms with E-state index in [2.05, 4.69) is 9.47 Å². The van der Waals surface area contributed by atoms with Crippen molar-refractivity contribution in [2.75, 3.05) is 0 Å². The van der Waals surface area contributed by atoms with Crippen LogP contribution in [0.5, 0.6) is 11.5 Å². The van der Waals surface area contributed by atoms with E-state index in [0.29, 0.717) is 6.07 Å². The van der Waals surface area contributed by atoms with Crippen LogP contribution in [0.15, 0.2) is 18.2 Å². The second kappa shape index (κ2) is 4.78. The van der Waals surface area contributed by atoms with E-state index in [0.717, 1.165) is 12.1 Å². The molecule has 0 aromatic heterocycles. The van der Waals surface area contributed by atoms with Crippen LogP contribution in [0.4, 0.5) is 26.3 Å². The van der Waals surface area contributed by atoms with Crippen LogP contribution in [-0.2, 0) is 0 Å². The molecular formula is C8H3F6IO2. The summed E-state index contributed by atoms with van der Waals surface area (Å²) < 4.78 is 78.2. The molecule has 0 aliphatic rings. The molecule has 0 unspecified atom stereocenters. The third-order valence-corrected chi connectivity index (χ3v) is 2.25. The highest BCUT2D eigenvalue weighted by Gasteiger charge is 2.34. The van der Waals surface area contributed by atoms with Crippen LogP contribution in [0.3, 0.4) is 0 Å². The van der Waals surface area contributed by atoms with Crippen LogP contribution in [0, 0.1) is 3.57 Å². The quantitative estimate of drug-likeness (QED) is 0.575. The van der Waals surface area contributed by atoms with Gasteiger partial charge in [0.1, 0.15) is 11.5 Å². The Hall–Kier alpha value is -0.870. The van der Waals surface area contributed by atoms with Crippen LogP contribution >= 0.6 is 22.6 Å². The van der Waals surface area contributed by atoms with Gasteiger partial charge in [0.05, 0.1) is 3.57 Å². The third kappa shape index (κ3) is 5.33. The number of halogens is 7. The van der Waals surface area contributed by atoms with Crippen molar-refractivity contribution in [2.24, 2.45) is 0 Å². The maximum Gasteiger partial charge on any atom is 0.573 e. The van der Waals surface area contributed by atoms with Crippen molar-refractivity contribution < 1.29 is 35.8 Å². The zero-order chi connectivity index (χ0) is 13.3. The molecule has 0 amide bonds. The first-order valence-electron chi connectivity index (χ1n) is 3.88. The second-order valence-electron chi connectivity index (χ2n) is 2.69. The Morgan fingerprint density at radius 2 is 1.41 bits per heavy atom. The fourth-order valence-electron chi connectivity index (χ4n) is 0.884. The average Bonchev–Trinajstić information content (AvgIpc) is 2.05. The number of benzene rings is 1. The summed E-state index contributed by atoms with van der Waals surface area (Å²) in [7, 11) is 0. The zero-order valence-electron chi connectivity index (χ0n) is 7.69. The van der Waals surface area contributed by atoms with Crippen molar-refractivity contribution in [1.29, 1.82) is 0 Å². The van der Waals surface area contributed by atoms with Crippen LogP contribution < -0.4 is 9.47 Å². The summed E-state index contributed by atoms with van der Waals surface area (Å²) in [5, 5.41) is 0. The van der Waals surface area contributed by atoms with Gasteiger partial charge in [0.25, 0.3) is 0 Å². The van der Waals surface area contributed by atoms with Crippen LogP contribution in [0.25, 0.3) is 0 Å². The summed E-state index contributed by atoms with van der Waals surface area (Å²) in [5.41, 5.74) is 0. The van der Waals surface area contributed by atoms with Gasteiger partial charge < -0.3 is 9.47 Å². The third-order valence-electron chi connectivity index (χ3n) is 1.36. The molecule has 0 atom stereocenters. The number of ether oxygens (including phenoxy) is 2. The molecule has 9 heteroatoms. The number of hydrogen-bond donors (Lipinski definition) is 0. The van der Waals surface area contributed by atoms with Crippen LogP contribution in [0.1, 0.15) is 0 Å². The van der Waals surface area contributed by atoms with E-state index in [1.54, 1.807) is 0 Å². The van der Waals surface area contributed by atoms with Gasteiger partial charge in [-0.3, -0.25) is 0 Å². The Labute approximate surface area is 105 Å². The maximum absolute atomic E-state index is 11.9. The molecule has 0 heterocycles. The monoisotopic (exact) mass is 372 g/mol. The highest BCUT2D eigenvalue weighted by atomic mass is 127. The lowest BCUT2D eigenvalue weighted by atomic mass is 10.3. The molecule has 17 heavy (non-hydrogen) atoms. The van der Waals surface area contributed by atoms with E-state index >= 15 is 0 Å². The van der Waals surface area contributed by atoms with Gasteiger partial charge in [-0.1, -0.05) is 0 Å². The topological polar surface area (TPSA) is 18.5 Å². The Morgan fingerprint density at radius 1 is 0.882 bits per heavy atom. The summed E-state index contributed by atoms with van der Waals surface area (Å²) in [5.74, 6) is -1.53. The molecule has 0 fully saturated rings. The van der Waals surface area contributed by atoms with Gasteiger partial charge in [0.15, 0.2) is 0 Å². The Kier molecular flexibility index (Phi) is 3.99. The minimum absolute atomic E-state index is 0.00875. The molecule has 1 aromatic carbocycles. The molecule has 0 saturated heterocycles. The van der Waals surface area contributed by atoms with Gasteiger partial charge in [0.2, 0.25) is 0 Å². The maximum atomic E-state index is 11.9. The summed E-state index contributed by atoms with van der Waals surface area (Å²) in [6.45, 7) is 0. The fourth-order valence-corrected chi connectivity index (χ4v) is 1.33. The van der Waals surface area contributed by atoms with Gasteiger partial charge >= 0.3 is 12.7 Å². The first kappa shape index (κ1) is 14.2. The Morgan fingerprint density at radius 3 is 1.88 bits per heavy atom. The minimum atomic E-state index is -4.98. The van der Waals surface area contributed by atoms with Gasteiger partial charge in [-0.05, 0) is 34.7 Å². The summed E-state index contributed by atoms with van der Waals surface area (Å²) >= 11 is 1.49. The molecule has 96 valence electrons. The molecule has 0 saturated carbocycles. The van der Waals surface area contributed by atoms with Crippen molar-refractivity contribution in [3.8, 4) is 11.5 Å². The van der Waals surface area contributed by atoms with E-state index in [1.165, 1.54) is 22.6 Å². The largest absolute Gasteiger partial charge is 0.573 e. The van der Waals surface area contributed by atoms with Crippen molar-refractivity contribution in [3.05, 3.63) is 21.8 Å². The van der Waals surface area contributed by atoms with Crippen molar-refractivity contribution >= 4 is 22.6 Å². The van der Waals surface area contributed by atoms with E-state index in [4.69, 9.17) is 0 Å². The highest BCUT2D eigenvalue weighted by molar-refractivity contribution is 14.1. The minimum Gasteiger partial charge on any atom is -0.406 e. The SMILES string of the molecule is FC(F)(F)Oc1ccc(I)c(OC(F)(F)F)c1. The lowest BCUT2D eigenvalue weighted by Gasteiger charge is -2.13. The predicted octanol–water partition coefficient (Wildman–Crippen LogP) is 4.09. The second-order valence-corrected chi connectivity index (χ2v) is 3.85. The molecule has 1 rings (SSSR count). The van der Waals surface area contributed by atoms with Crippen molar-refractivity contribution in [2.45, 2.75) is 12.7 Å². The van der Waals surface area contributed by atoms with Gasteiger partial charge in [0, 0.05) is 6.07 Å². The molecule has 0 aliphatic carbocycles. The molecular weight excluding hydrogens is 369 g/mol. The van der Waals surface area contributed by atoms with Gasteiger partial charge in [-0.25, -0.2) is 0 Å². The van der Waals surface area contributed by atoms with Crippen LogP contribution in [-0.4, -0.2) is 12.7 Å². The summed E-state index contributed by atoms with van der Waals surface area (Å²) in [6, 6.07) is 2.42. The molecule has 0 radical (unpaired) electrons. The first-order chi connectivity index (χ1) is 7.57. The summed E-state index contributed by atoms with van der Waals surface area (Å²) in [4.78, 5) is 0. The lowest BCUT2D eigenvalue weighted by molar-refractivity contribution is -0.276. The average molecular weight is 372 g/mol. The highest BCUT2D eigenvalue weighted by Crippen LogP contribution is 2.33. The smallest absolute Gasteiger partial charge is 0.406 e. The Balaban J connectivity index is 2.95. The number of alkyl halides is 6. The van der Waals surface area contributed by atoms with E-state index in [1.807, 2.05) is 0 Å². The molecule has 0 bridgehead atoms. The zero-order valence-corrected chi connectivity index (χ0v) is 9.85. The molecule has 0 aliphatic heterocycles. The molecule has 0 spiro atoms. The Bertz CT molecular complexity index is 400. The van der Waals surface area contributed by atoms with Crippen LogP contribution in [0.2, 0.25) is 0 Å². The van der Waals surface area contributed by atoms with E-state index in [-0.39, 0.29) is 3.57 Å². The van der Waals surface area contributed by atoms with Gasteiger partial charge in [-0.15, -0.1) is 26.3 Å². The number of hydrogen-bond acceptors (Lipinski definition) is 2. The van der Waals surface area contributed by atoms with Gasteiger partial charge in [-0.2, -0.15) is 0 Å². The van der Waals surface area contributed by atoms with Crippen molar-refractivity contribution in [1.82, 2.24) is 0 Å².